The summed E-state index contributed by atoms with van der Waals surface area (Å²) in [6.07, 6.45) is 4.23. The van der Waals surface area contributed by atoms with Gasteiger partial charge in [-0.25, -0.2) is 4.98 Å². The zero-order chi connectivity index (χ0) is 23.3. The molecule has 2 heterocycles. The number of pyridine rings is 1. The maximum absolute atomic E-state index is 13.0. The molecule has 3 nitrogen and oxygen atoms in total. The fourth-order valence-electron chi connectivity index (χ4n) is 4.78. The third-order valence-corrected chi connectivity index (χ3v) is 7.53. The lowest BCUT2D eigenvalue weighted by Gasteiger charge is -2.42. The zero-order valence-electron chi connectivity index (χ0n) is 18.4. The molecule has 33 heavy (non-hydrogen) atoms. The number of piperidine rings is 1. The van der Waals surface area contributed by atoms with E-state index in [2.05, 4.69) is 40.2 Å². The first-order chi connectivity index (χ1) is 15.9. The van der Waals surface area contributed by atoms with Crippen molar-refractivity contribution < 1.29 is 4.79 Å². The molecule has 0 aliphatic carbocycles. The number of likely N-dealkylation sites (tertiary alicyclic amines) is 1. The highest BCUT2D eigenvalue weighted by Crippen LogP contribution is 2.40. The second-order valence-electron chi connectivity index (χ2n) is 8.75. The number of Topliss-reactive ketones (excluding diaryl/α,β-unsaturated/α-hetero) is 1. The highest BCUT2D eigenvalue weighted by Gasteiger charge is 2.36. The summed E-state index contributed by atoms with van der Waals surface area (Å²) in [4.78, 5) is 19.4. The van der Waals surface area contributed by atoms with Gasteiger partial charge in [0.1, 0.15) is 10.3 Å². The first-order valence-electron chi connectivity index (χ1n) is 11.3. The van der Waals surface area contributed by atoms with Gasteiger partial charge >= 0.3 is 0 Å². The summed E-state index contributed by atoms with van der Waals surface area (Å²) in [5, 5.41) is 1.33. The predicted octanol–water partition coefficient (Wildman–Crippen LogP) is 7.28. The number of carbonyl (C=O) groups is 1. The molecule has 3 aromatic rings. The van der Waals surface area contributed by atoms with Gasteiger partial charge in [-0.15, -0.1) is 0 Å². The standard InChI is InChI=1S/C27H27Cl3N2O/c28-23-9-5-4-6-20(23)11-15-32-16-13-27(14-17-32,22-7-2-1-3-8-22)12-10-24(33)21-18-25(29)31-26(30)19-21/h1-9,18-19H,10-17H2. The lowest BCUT2D eigenvalue weighted by molar-refractivity contribution is 0.0946. The lowest BCUT2D eigenvalue weighted by Crippen LogP contribution is -2.43. The van der Waals surface area contributed by atoms with Crippen molar-refractivity contribution in [3.63, 3.8) is 0 Å². The van der Waals surface area contributed by atoms with Gasteiger partial charge in [-0.1, -0.05) is 83.3 Å². The van der Waals surface area contributed by atoms with E-state index in [0.29, 0.717) is 12.0 Å². The van der Waals surface area contributed by atoms with Gasteiger partial charge in [0.25, 0.3) is 0 Å². The molecule has 1 saturated heterocycles. The maximum atomic E-state index is 13.0. The fourth-order valence-corrected chi connectivity index (χ4v) is 5.47. The molecule has 0 saturated carbocycles. The first kappa shape index (κ1) is 24.2. The van der Waals surface area contributed by atoms with Gasteiger partial charge in [0.15, 0.2) is 5.78 Å². The van der Waals surface area contributed by atoms with Crippen molar-refractivity contribution in [3.8, 4) is 0 Å². The van der Waals surface area contributed by atoms with E-state index in [1.54, 1.807) is 12.1 Å². The maximum Gasteiger partial charge on any atom is 0.163 e. The molecule has 172 valence electrons. The number of carbonyl (C=O) groups excluding carboxylic acids is 1. The van der Waals surface area contributed by atoms with Crippen molar-refractivity contribution in [3.05, 3.63) is 98.7 Å². The van der Waals surface area contributed by atoms with E-state index in [-0.39, 0.29) is 21.5 Å². The van der Waals surface area contributed by atoms with Crippen LogP contribution in [0, 0.1) is 0 Å². The Morgan fingerprint density at radius 2 is 1.55 bits per heavy atom. The highest BCUT2D eigenvalue weighted by molar-refractivity contribution is 6.33. The van der Waals surface area contributed by atoms with E-state index in [1.165, 1.54) is 11.1 Å². The van der Waals surface area contributed by atoms with Crippen molar-refractivity contribution >= 4 is 40.6 Å². The normalized spacial score (nSPS) is 16.0. The van der Waals surface area contributed by atoms with Gasteiger partial charge in [-0.2, -0.15) is 0 Å². The molecular weight excluding hydrogens is 475 g/mol. The Balaban J connectivity index is 1.43. The summed E-state index contributed by atoms with van der Waals surface area (Å²) >= 11 is 18.3. The molecule has 1 aromatic heterocycles. The van der Waals surface area contributed by atoms with Gasteiger partial charge in [0, 0.05) is 23.6 Å². The number of ketones is 1. The van der Waals surface area contributed by atoms with E-state index >= 15 is 0 Å². The SMILES string of the molecule is O=C(CCC1(c2ccccc2)CCN(CCc2ccccc2Cl)CC1)c1cc(Cl)nc(Cl)c1. The Kier molecular flexibility index (Phi) is 8.08. The molecule has 0 atom stereocenters. The Hall–Kier alpha value is -1.91. The molecule has 0 amide bonds. The summed E-state index contributed by atoms with van der Waals surface area (Å²) in [5.74, 6) is 0.0534. The van der Waals surface area contributed by atoms with Crippen LogP contribution >= 0.6 is 34.8 Å². The van der Waals surface area contributed by atoms with Crippen LogP contribution in [0.5, 0.6) is 0 Å². The second kappa shape index (κ2) is 11.0. The minimum absolute atomic E-state index is 0.0154. The Morgan fingerprint density at radius 3 is 2.21 bits per heavy atom. The van der Waals surface area contributed by atoms with Gasteiger partial charge in [0.05, 0.1) is 0 Å². The van der Waals surface area contributed by atoms with Gasteiger partial charge in [0.2, 0.25) is 0 Å². The minimum atomic E-state index is -0.0154. The molecule has 1 fully saturated rings. The van der Waals surface area contributed by atoms with Gasteiger partial charge in [-0.05, 0) is 73.5 Å². The van der Waals surface area contributed by atoms with Crippen LogP contribution < -0.4 is 0 Å². The summed E-state index contributed by atoms with van der Waals surface area (Å²) in [6.45, 7) is 2.99. The largest absolute Gasteiger partial charge is 0.303 e. The van der Waals surface area contributed by atoms with Crippen LogP contribution in [0.15, 0.2) is 66.7 Å². The van der Waals surface area contributed by atoms with E-state index in [4.69, 9.17) is 34.8 Å². The number of rotatable bonds is 8. The van der Waals surface area contributed by atoms with Crippen LogP contribution in [0.1, 0.15) is 47.2 Å². The summed E-state index contributed by atoms with van der Waals surface area (Å²) in [6, 6.07) is 21.9. The molecule has 0 bridgehead atoms. The number of benzene rings is 2. The average molecular weight is 502 g/mol. The quantitative estimate of drug-likeness (QED) is 0.240. The van der Waals surface area contributed by atoms with Crippen molar-refractivity contribution in [2.24, 2.45) is 0 Å². The van der Waals surface area contributed by atoms with Crippen LogP contribution in [0.3, 0.4) is 0 Å². The lowest BCUT2D eigenvalue weighted by atomic mass is 9.69. The highest BCUT2D eigenvalue weighted by atomic mass is 35.5. The minimum Gasteiger partial charge on any atom is -0.303 e. The third-order valence-electron chi connectivity index (χ3n) is 6.77. The van der Waals surface area contributed by atoms with Crippen LogP contribution in [-0.2, 0) is 11.8 Å². The van der Waals surface area contributed by atoms with Crippen molar-refractivity contribution in [1.82, 2.24) is 9.88 Å². The van der Waals surface area contributed by atoms with Crippen molar-refractivity contribution in [2.75, 3.05) is 19.6 Å². The monoisotopic (exact) mass is 500 g/mol. The number of hydrogen-bond donors (Lipinski definition) is 0. The molecule has 0 radical (unpaired) electrons. The number of nitrogens with zero attached hydrogens (tertiary/aromatic N) is 2. The van der Waals surface area contributed by atoms with E-state index in [9.17, 15) is 4.79 Å². The molecule has 0 unspecified atom stereocenters. The van der Waals surface area contributed by atoms with Crippen LogP contribution in [0.4, 0.5) is 0 Å². The number of aromatic nitrogens is 1. The van der Waals surface area contributed by atoms with Crippen molar-refractivity contribution in [1.29, 1.82) is 0 Å². The van der Waals surface area contributed by atoms with E-state index < -0.39 is 0 Å². The molecule has 2 aromatic carbocycles. The summed E-state index contributed by atoms with van der Waals surface area (Å²) in [7, 11) is 0. The smallest absolute Gasteiger partial charge is 0.163 e. The summed E-state index contributed by atoms with van der Waals surface area (Å²) in [5.41, 5.74) is 3.02. The molecule has 1 aliphatic rings. The fraction of sp³-hybridized carbons (Fsp3) is 0.333. The van der Waals surface area contributed by atoms with E-state index in [1.807, 2.05) is 24.3 Å². The van der Waals surface area contributed by atoms with Crippen molar-refractivity contribution in [2.45, 2.75) is 37.5 Å². The average Bonchev–Trinajstić information content (AvgIpc) is 2.83. The predicted molar refractivity (Wildman–Crippen MR) is 137 cm³/mol. The molecule has 0 spiro atoms. The first-order valence-corrected chi connectivity index (χ1v) is 12.5. The van der Waals surface area contributed by atoms with Crippen LogP contribution in [-0.4, -0.2) is 35.3 Å². The number of halogens is 3. The topological polar surface area (TPSA) is 33.2 Å². The summed E-state index contributed by atoms with van der Waals surface area (Å²) < 4.78 is 0. The molecule has 6 heteroatoms. The van der Waals surface area contributed by atoms with Crippen LogP contribution in [0.25, 0.3) is 0 Å². The van der Waals surface area contributed by atoms with E-state index in [0.717, 1.165) is 50.3 Å². The Bertz CT molecular complexity index is 1080. The molecule has 0 N–H and O–H groups in total. The Labute approximate surface area is 210 Å². The molecule has 4 rings (SSSR count). The molecule has 1 aliphatic heterocycles. The zero-order valence-corrected chi connectivity index (χ0v) is 20.7. The van der Waals surface area contributed by atoms with Gasteiger partial charge < -0.3 is 4.90 Å². The third kappa shape index (κ3) is 6.16. The Morgan fingerprint density at radius 1 is 0.909 bits per heavy atom. The van der Waals surface area contributed by atoms with Gasteiger partial charge in [-0.3, -0.25) is 4.79 Å². The number of hydrogen-bond acceptors (Lipinski definition) is 3. The molecular formula is C27H27Cl3N2O. The second-order valence-corrected chi connectivity index (χ2v) is 9.94. The van der Waals surface area contributed by atoms with Crippen LogP contribution in [0.2, 0.25) is 15.3 Å².